The first-order valence-electron chi connectivity index (χ1n) is 6.03. The molecule has 112 valence electrons. The van der Waals surface area contributed by atoms with E-state index in [1.165, 1.54) is 0 Å². The van der Waals surface area contributed by atoms with Gasteiger partial charge in [0.1, 0.15) is 5.82 Å². The average molecular weight is 323 g/mol. The fourth-order valence-electron chi connectivity index (χ4n) is 1.65. The molecule has 0 unspecified atom stereocenters. The second-order valence-electron chi connectivity index (χ2n) is 4.30. The van der Waals surface area contributed by atoms with Crippen molar-refractivity contribution in [1.82, 2.24) is 5.32 Å². The van der Waals surface area contributed by atoms with E-state index in [4.69, 9.17) is 16.7 Å². The Morgan fingerprint density at radius 1 is 1.40 bits per heavy atom. The van der Waals surface area contributed by atoms with E-state index in [1.54, 1.807) is 0 Å². The second kappa shape index (κ2) is 6.51. The van der Waals surface area contributed by atoms with Crippen LogP contribution >= 0.6 is 11.6 Å². The van der Waals surface area contributed by atoms with E-state index in [0.29, 0.717) is 18.9 Å². The summed E-state index contributed by atoms with van der Waals surface area (Å²) in [6, 6.07) is 1.56. The largest absolute Gasteiger partial charge is 0.349 e. The van der Waals surface area contributed by atoms with Gasteiger partial charge in [0.25, 0.3) is 5.91 Å². The zero-order chi connectivity index (χ0) is 15.5. The molecule has 0 aliphatic carbocycles. The van der Waals surface area contributed by atoms with E-state index in [1.807, 2.05) is 13.8 Å². The summed E-state index contributed by atoms with van der Waals surface area (Å²) < 4.78 is 36.1. The highest BCUT2D eigenvalue weighted by Crippen LogP contribution is 2.24. The number of rotatable bonds is 5. The molecule has 0 aliphatic rings. The topological polar surface area (TPSA) is 89.3 Å². The van der Waals surface area contributed by atoms with E-state index in [0.717, 1.165) is 6.07 Å². The van der Waals surface area contributed by atoms with Gasteiger partial charge in [-0.1, -0.05) is 25.4 Å². The third-order valence-corrected chi connectivity index (χ3v) is 4.17. The number of nitrogens with two attached hydrogens (primary N) is 1. The Balaban J connectivity index is 3.24. The summed E-state index contributed by atoms with van der Waals surface area (Å²) in [7, 11) is -4.12. The highest BCUT2D eigenvalue weighted by molar-refractivity contribution is 7.89. The van der Waals surface area contributed by atoms with E-state index < -0.39 is 31.7 Å². The first-order chi connectivity index (χ1) is 9.20. The maximum absolute atomic E-state index is 13.6. The summed E-state index contributed by atoms with van der Waals surface area (Å²) >= 11 is 5.71. The summed E-state index contributed by atoms with van der Waals surface area (Å²) in [5, 5.41) is 7.15. The van der Waals surface area contributed by atoms with Gasteiger partial charge in [0.2, 0.25) is 10.0 Å². The predicted octanol–water partition coefficient (Wildman–Crippen LogP) is 2.04. The highest BCUT2D eigenvalue weighted by Gasteiger charge is 2.21. The molecule has 1 amide bonds. The third kappa shape index (κ3) is 3.91. The van der Waals surface area contributed by atoms with Crippen LogP contribution in [0.4, 0.5) is 4.39 Å². The van der Waals surface area contributed by atoms with Crippen molar-refractivity contribution < 1.29 is 17.6 Å². The van der Waals surface area contributed by atoms with Crippen molar-refractivity contribution in [2.24, 2.45) is 5.14 Å². The molecule has 3 N–H and O–H groups in total. The van der Waals surface area contributed by atoms with Crippen molar-refractivity contribution in [1.29, 1.82) is 0 Å². The molecule has 8 heteroatoms. The van der Waals surface area contributed by atoms with Gasteiger partial charge in [-0.3, -0.25) is 4.79 Å². The van der Waals surface area contributed by atoms with Gasteiger partial charge < -0.3 is 5.32 Å². The van der Waals surface area contributed by atoms with E-state index in [-0.39, 0.29) is 11.6 Å². The minimum atomic E-state index is -4.12. The quantitative estimate of drug-likeness (QED) is 0.869. The molecule has 1 aromatic rings. The molecule has 1 rings (SSSR count). The molecule has 0 atom stereocenters. The number of benzene rings is 1. The molecular formula is C12H16ClFN2O3S. The number of amides is 1. The van der Waals surface area contributed by atoms with Gasteiger partial charge in [-0.05, 0) is 25.0 Å². The molecule has 0 aromatic heterocycles. The smallest absolute Gasteiger partial charge is 0.253 e. The number of hydrogen-bond donors (Lipinski definition) is 2. The molecule has 0 spiro atoms. The lowest BCUT2D eigenvalue weighted by atomic mass is 10.1. The molecule has 0 radical (unpaired) electrons. The molecule has 0 fully saturated rings. The number of nitrogens with one attached hydrogen (secondary N) is 1. The van der Waals surface area contributed by atoms with E-state index in [2.05, 4.69) is 5.32 Å². The van der Waals surface area contributed by atoms with Crippen LogP contribution in [0, 0.1) is 5.82 Å². The maximum Gasteiger partial charge on any atom is 0.253 e. The van der Waals surface area contributed by atoms with Gasteiger partial charge in [-0.15, -0.1) is 0 Å². The molecule has 0 saturated heterocycles. The van der Waals surface area contributed by atoms with Gasteiger partial charge in [0.15, 0.2) is 0 Å². The van der Waals surface area contributed by atoms with E-state index in [9.17, 15) is 17.6 Å². The monoisotopic (exact) mass is 322 g/mol. The first kappa shape index (κ1) is 16.9. The second-order valence-corrected chi connectivity index (χ2v) is 6.24. The summed E-state index contributed by atoms with van der Waals surface area (Å²) in [5.74, 6) is -1.64. The fourth-order valence-corrected chi connectivity index (χ4v) is 2.39. The number of hydrogen-bond acceptors (Lipinski definition) is 3. The van der Waals surface area contributed by atoms with Crippen LogP contribution in [-0.4, -0.2) is 20.4 Å². The zero-order valence-corrected chi connectivity index (χ0v) is 12.7. The van der Waals surface area contributed by atoms with Crippen molar-refractivity contribution >= 4 is 27.5 Å². The van der Waals surface area contributed by atoms with Gasteiger partial charge in [0.05, 0.1) is 15.5 Å². The summed E-state index contributed by atoms with van der Waals surface area (Å²) in [6.07, 6.45) is 1.38. The average Bonchev–Trinajstić information content (AvgIpc) is 2.37. The minimum absolute atomic E-state index is 0.0974. The van der Waals surface area contributed by atoms with Crippen LogP contribution < -0.4 is 10.5 Å². The fraction of sp³-hybridized carbons (Fsp3) is 0.417. The van der Waals surface area contributed by atoms with Crippen LogP contribution in [0.5, 0.6) is 0 Å². The van der Waals surface area contributed by atoms with Crippen LogP contribution in [0.15, 0.2) is 17.0 Å². The standard InChI is InChI=1S/C12H16ClFN2O3S/c1-3-7(4-2)16-12(17)9-5-8(20(15,18)19)6-10(14)11(9)13/h5-7H,3-4H2,1-2H3,(H,16,17)(H2,15,18,19). The van der Waals surface area contributed by atoms with Crippen molar-refractivity contribution in [3.05, 3.63) is 28.5 Å². The zero-order valence-electron chi connectivity index (χ0n) is 11.1. The minimum Gasteiger partial charge on any atom is -0.349 e. The molecular weight excluding hydrogens is 307 g/mol. The van der Waals surface area contributed by atoms with Gasteiger partial charge >= 0.3 is 0 Å². The molecule has 1 aromatic carbocycles. The predicted molar refractivity (Wildman–Crippen MR) is 74.6 cm³/mol. The SMILES string of the molecule is CCC(CC)NC(=O)c1cc(S(N)(=O)=O)cc(F)c1Cl. The number of carbonyl (C=O) groups excluding carboxylic acids is 1. The number of primary sulfonamides is 1. The highest BCUT2D eigenvalue weighted by atomic mass is 35.5. The number of sulfonamides is 1. The Morgan fingerprint density at radius 2 is 1.95 bits per heavy atom. The molecule has 0 saturated carbocycles. The summed E-state index contributed by atoms with van der Waals surface area (Å²) in [5.41, 5.74) is -0.248. The lowest BCUT2D eigenvalue weighted by Gasteiger charge is -2.15. The number of halogens is 2. The Hall–Kier alpha value is -1.18. The van der Waals surface area contributed by atoms with E-state index >= 15 is 0 Å². The van der Waals surface area contributed by atoms with Gasteiger partial charge in [-0.2, -0.15) is 0 Å². The van der Waals surface area contributed by atoms with Crippen molar-refractivity contribution in [2.45, 2.75) is 37.6 Å². The van der Waals surface area contributed by atoms with Crippen LogP contribution in [0.1, 0.15) is 37.0 Å². The lowest BCUT2D eigenvalue weighted by Crippen LogP contribution is -2.34. The third-order valence-electron chi connectivity index (χ3n) is 2.90. The summed E-state index contributed by atoms with van der Waals surface area (Å²) in [4.78, 5) is 11.5. The Bertz CT molecular complexity index is 615. The maximum atomic E-state index is 13.6. The molecule has 20 heavy (non-hydrogen) atoms. The molecule has 0 aliphatic heterocycles. The van der Waals surface area contributed by atoms with Gasteiger partial charge in [-0.25, -0.2) is 17.9 Å². The Labute approximate surface area is 122 Å². The van der Waals surface area contributed by atoms with Crippen molar-refractivity contribution in [2.75, 3.05) is 0 Å². The Kier molecular flexibility index (Phi) is 5.50. The van der Waals surface area contributed by atoms with Gasteiger partial charge in [0, 0.05) is 6.04 Å². The summed E-state index contributed by atoms with van der Waals surface area (Å²) in [6.45, 7) is 3.77. The first-order valence-corrected chi connectivity index (χ1v) is 7.95. The van der Waals surface area contributed by atoms with Crippen LogP contribution in [0.2, 0.25) is 5.02 Å². The van der Waals surface area contributed by atoms with Crippen LogP contribution in [0.3, 0.4) is 0 Å². The normalized spacial score (nSPS) is 11.7. The molecule has 0 heterocycles. The van der Waals surface area contributed by atoms with Crippen molar-refractivity contribution in [3.8, 4) is 0 Å². The molecule has 5 nitrogen and oxygen atoms in total. The lowest BCUT2D eigenvalue weighted by molar-refractivity contribution is 0.0934. The van der Waals surface area contributed by atoms with Crippen molar-refractivity contribution in [3.63, 3.8) is 0 Å². The van der Waals surface area contributed by atoms with Crippen LogP contribution in [0.25, 0.3) is 0 Å². The van der Waals surface area contributed by atoms with Crippen LogP contribution in [-0.2, 0) is 10.0 Å². The number of carbonyl (C=O) groups is 1. The molecule has 0 bridgehead atoms. The Morgan fingerprint density at radius 3 is 2.40 bits per heavy atom.